The Bertz CT molecular complexity index is 330. The van der Waals surface area contributed by atoms with Gasteiger partial charge in [0.05, 0.1) is 0 Å². The van der Waals surface area contributed by atoms with Crippen molar-refractivity contribution in [3.63, 3.8) is 0 Å². The predicted molar refractivity (Wildman–Crippen MR) is 45.2 cm³/mol. The first-order valence-corrected chi connectivity index (χ1v) is 3.62. The molecule has 1 unspecified atom stereocenters. The zero-order valence-electron chi connectivity index (χ0n) is 6.09. The number of hydrogen-bond donors (Lipinski definition) is 1. The molecule has 1 atom stereocenters. The number of terminal acetylenes is 1. The van der Waals surface area contributed by atoms with Gasteiger partial charge in [-0.05, 0) is 12.1 Å². The van der Waals surface area contributed by atoms with E-state index in [1.165, 1.54) is 12.1 Å². The molecule has 1 aromatic rings. The minimum Gasteiger partial charge on any atom is -0.376 e. The average molecular weight is 185 g/mol. The molecule has 0 bridgehead atoms. The van der Waals surface area contributed by atoms with Gasteiger partial charge in [0.15, 0.2) is 0 Å². The molecule has 0 radical (unpaired) electrons. The van der Waals surface area contributed by atoms with Crippen LogP contribution in [0.15, 0.2) is 18.2 Å². The fourth-order valence-corrected chi connectivity index (χ4v) is 0.972. The molecule has 0 saturated carbocycles. The van der Waals surface area contributed by atoms with Crippen LogP contribution >= 0.6 is 11.6 Å². The van der Waals surface area contributed by atoms with Gasteiger partial charge in [-0.2, -0.15) is 0 Å². The third kappa shape index (κ3) is 1.76. The van der Waals surface area contributed by atoms with E-state index in [2.05, 4.69) is 0 Å². The maximum Gasteiger partial charge on any atom is 0.142 e. The van der Waals surface area contributed by atoms with Gasteiger partial charge in [0.2, 0.25) is 0 Å². The van der Waals surface area contributed by atoms with Crippen molar-refractivity contribution in [1.82, 2.24) is 0 Å². The van der Waals surface area contributed by atoms with E-state index >= 15 is 0 Å². The first-order chi connectivity index (χ1) is 5.65. The van der Waals surface area contributed by atoms with Crippen molar-refractivity contribution >= 4 is 11.6 Å². The summed E-state index contributed by atoms with van der Waals surface area (Å²) in [5.74, 6) is 1.42. The molecule has 3 heteroatoms. The number of halogens is 2. The fraction of sp³-hybridized carbons (Fsp3) is 0.111. The average Bonchev–Trinajstić information content (AvgIpc) is 2.03. The monoisotopic (exact) mass is 184 g/mol. The Hall–Kier alpha value is -1.04. The number of aliphatic hydroxyl groups excluding tert-OH is 1. The van der Waals surface area contributed by atoms with Gasteiger partial charge in [-0.25, -0.2) is 4.39 Å². The largest absolute Gasteiger partial charge is 0.376 e. The molecule has 1 aromatic carbocycles. The topological polar surface area (TPSA) is 20.2 Å². The number of rotatable bonds is 1. The van der Waals surface area contributed by atoms with Gasteiger partial charge in [-0.3, -0.25) is 0 Å². The van der Waals surface area contributed by atoms with Crippen molar-refractivity contribution in [3.05, 3.63) is 34.6 Å². The normalized spacial score (nSPS) is 12.2. The molecule has 0 fully saturated rings. The van der Waals surface area contributed by atoms with Crippen LogP contribution in [-0.4, -0.2) is 5.11 Å². The van der Waals surface area contributed by atoms with E-state index in [4.69, 9.17) is 23.1 Å². The summed E-state index contributed by atoms with van der Waals surface area (Å²) in [5.41, 5.74) is 0.0712. The van der Waals surface area contributed by atoms with Crippen molar-refractivity contribution in [2.24, 2.45) is 0 Å². The summed E-state index contributed by atoms with van der Waals surface area (Å²) in [6.07, 6.45) is 3.71. The van der Waals surface area contributed by atoms with Crippen LogP contribution in [0.4, 0.5) is 4.39 Å². The van der Waals surface area contributed by atoms with E-state index < -0.39 is 11.9 Å². The lowest BCUT2D eigenvalue weighted by Gasteiger charge is -2.04. The van der Waals surface area contributed by atoms with Gasteiger partial charge in [0, 0.05) is 10.6 Å². The molecule has 0 aliphatic carbocycles. The minimum absolute atomic E-state index is 0.0712. The first-order valence-electron chi connectivity index (χ1n) is 3.24. The maximum atomic E-state index is 12.9. The molecule has 1 rings (SSSR count). The Morgan fingerprint density at radius 1 is 1.58 bits per heavy atom. The van der Waals surface area contributed by atoms with Gasteiger partial charge < -0.3 is 5.11 Å². The van der Waals surface area contributed by atoms with Crippen LogP contribution < -0.4 is 0 Å². The van der Waals surface area contributed by atoms with Crippen LogP contribution in [0.25, 0.3) is 0 Å². The molecule has 1 N–H and O–H groups in total. The molecule has 0 aliphatic heterocycles. The van der Waals surface area contributed by atoms with Crippen molar-refractivity contribution in [2.45, 2.75) is 6.10 Å². The lowest BCUT2D eigenvalue weighted by atomic mass is 10.1. The molecule has 1 nitrogen and oxygen atoms in total. The van der Waals surface area contributed by atoms with Crippen LogP contribution in [-0.2, 0) is 0 Å². The maximum absolute atomic E-state index is 12.9. The van der Waals surface area contributed by atoms with Crippen LogP contribution in [0.3, 0.4) is 0 Å². The number of hydrogen-bond acceptors (Lipinski definition) is 1. The molecule has 0 spiro atoms. The predicted octanol–water partition coefficient (Wildman–Crippen LogP) is 2.15. The lowest BCUT2D eigenvalue weighted by molar-refractivity contribution is 0.233. The van der Waals surface area contributed by atoms with E-state index in [0.29, 0.717) is 0 Å². The Morgan fingerprint density at radius 3 is 2.75 bits per heavy atom. The SMILES string of the molecule is C#CC(O)c1ccc(Cl)cc1F. The van der Waals surface area contributed by atoms with Gasteiger partial charge in [-0.15, -0.1) is 6.42 Å². The molecular formula is C9H6ClFO. The summed E-state index contributed by atoms with van der Waals surface area (Å²) in [4.78, 5) is 0. The zero-order chi connectivity index (χ0) is 9.14. The highest BCUT2D eigenvalue weighted by Gasteiger charge is 2.09. The molecule has 0 saturated heterocycles. The molecule has 0 amide bonds. The molecular weight excluding hydrogens is 179 g/mol. The number of benzene rings is 1. The van der Waals surface area contributed by atoms with Gasteiger partial charge >= 0.3 is 0 Å². The molecule has 0 heterocycles. The van der Waals surface area contributed by atoms with Gasteiger partial charge in [0.1, 0.15) is 11.9 Å². The Balaban J connectivity index is 3.11. The van der Waals surface area contributed by atoms with Crippen molar-refractivity contribution in [3.8, 4) is 12.3 Å². The van der Waals surface area contributed by atoms with E-state index in [-0.39, 0.29) is 10.6 Å². The number of aliphatic hydroxyl groups is 1. The highest BCUT2D eigenvalue weighted by atomic mass is 35.5. The standard InChI is InChI=1S/C9H6ClFO/c1-2-9(12)7-4-3-6(10)5-8(7)11/h1,3-5,9,12H. The third-order valence-corrected chi connectivity index (χ3v) is 1.65. The summed E-state index contributed by atoms with van der Waals surface area (Å²) in [6, 6.07) is 3.94. The Labute approximate surface area is 74.8 Å². The van der Waals surface area contributed by atoms with Crippen LogP contribution in [0.2, 0.25) is 5.02 Å². The van der Waals surface area contributed by atoms with Crippen LogP contribution in [0.1, 0.15) is 11.7 Å². The summed E-state index contributed by atoms with van der Waals surface area (Å²) < 4.78 is 12.9. The summed E-state index contributed by atoms with van der Waals surface area (Å²) >= 11 is 5.49. The van der Waals surface area contributed by atoms with Crippen molar-refractivity contribution < 1.29 is 9.50 Å². The van der Waals surface area contributed by atoms with Crippen LogP contribution in [0, 0.1) is 18.2 Å². The Morgan fingerprint density at radius 2 is 2.25 bits per heavy atom. The summed E-state index contributed by atoms with van der Waals surface area (Å²) in [7, 11) is 0. The highest BCUT2D eigenvalue weighted by molar-refractivity contribution is 6.30. The molecule has 0 aromatic heterocycles. The van der Waals surface area contributed by atoms with E-state index in [9.17, 15) is 4.39 Å². The second-order valence-electron chi connectivity index (χ2n) is 2.24. The fourth-order valence-electron chi connectivity index (χ4n) is 0.813. The first kappa shape index (κ1) is 9.05. The van der Waals surface area contributed by atoms with Crippen molar-refractivity contribution in [1.29, 1.82) is 0 Å². The van der Waals surface area contributed by atoms with E-state index in [1.54, 1.807) is 0 Å². The highest BCUT2D eigenvalue weighted by Crippen LogP contribution is 2.19. The second kappa shape index (κ2) is 3.57. The molecule has 62 valence electrons. The Kier molecular flexibility index (Phi) is 2.69. The second-order valence-corrected chi connectivity index (χ2v) is 2.67. The molecule has 12 heavy (non-hydrogen) atoms. The van der Waals surface area contributed by atoms with Gasteiger partial charge in [0.25, 0.3) is 0 Å². The quantitative estimate of drug-likeness (QED) is 0.663. The van der Waals surface area contributed by atoms with Crippen molar-refractivity contribution in [2.75, 3.05) is 0 Å². The summed E-state index contributed by atoms with van der Waals surface area (Å²) in [5, 5.41) is 9.36. The zero-order valence-corrected chi connectivity index (χ0v) is 6.85. The minimum atomic E-state index is -1.21. The summed E-state index contributed by atoms with van der Waals surface area (Å²) in [6.45, 7) is 0. The van der Waals surface area contributed by atoms with E-state index in [1.807, 2.05) is 5.92 Å². The van der Waals surface area contributed by atoms with Gasteiger partial charge in [-0.1, -0.05) is 23.6 Å². The van der Waals surface area contributed by atoms with Crippen LogP contribution in [0.5, 0.6) is 0 Å². The lowest BCUT2D eigenvalue weighted by Crippen LogP contribution is -1.96. The third-order valence-electron chi connectivity index (χ3n) is 1.41. The molecule has 0 aliphatic rings. The smallest absolute Gasteiger partial charge is 0.142 e. The van der Waals surface area contributed by atoms with E-state index in [0.717, 1.165) is 6.07 Å².